The molecule has 0 fully saturated rings. The molecule has 0 aliphatic heterocycles. The van der Waals surface area contributed by atoms with Crippen LogP contribution in [-0.2, 0) is 9.53 Å². The number of ether oxygens (including phenoxy) is 1. The number of halogens is 3. The van der Waals surface area contributed by atoms with Crippen LogP contribution in [-0.4, -0.2) is 32.6 Å². The summed E-state index contributed by atoms with van der Waals surface area (Å²) in [5, 5.41) is 0.0765. The Balaban J connectivity index is 3.08. The Morgan fingerprint density at radius 3 is 2.55 bits per heavy atom. The smallest absolute Gasteiger partial charge is 0.379 e. The van der Waals surface area contributed by atoms with Crippen molar-refractivity contribution in [3.05, 3.63) is 28.8 Å². The van der Waals surface area contributed by atoms with E-state index in [1.165, 1.54) is 19.1 Å². The molecule has 0 amide bonds. The first-order valence-corrected chi connectivity index (χ1v) is 6.37. The number of carbonyl (C=O) groups is 1. The number of benzene rings is 1. The predicted molar refractivity (Wildman–Crippen MR) is 74.3 cm³/mol. The summed E-state index contributed by atoms with van der Waals surface area (Å²) in [6, 6.07) is 2.64. The van der Waals surface area contributed by atoms with Crippen molar-refractivity contribution in [2.24, 2.45) is 5.73 Å². The molecule has 0 saturated carbocycles. The molecule has 0 saturated heterocycles. The highest BCUT2D eigenvalue weighted by molar-refractivity contribution is 6.31. The highest BCUT2D eigenvalue weighted by atomic mass is 35.5. The Labute approximate surface area is 121 Å². The van der Waals surface area contributed by atoms with Crippen LogP contribution in [0.5, 0.6) is 0 Å². The van der Waals surface area contributed by atoms with Crippen molar-refractivity contribution in [1.82, 2.24) is 0 Å². The zero-order valence-corrected chi connectivity index (χ0v) is 12.2. The fourth-order valence-electron chi connectivity index (χ4n) is 1.60. The van der Waals surface area contributed by atoms with E-state index in [4.69, 9.17) is 17.3 Å². The second-order valence-corrected chi connectivity index (χ2v) is 4.83. The summed E-state index contributed by atoms with van der Waals surface area (Å²) in [7, 11) is 3.58. The Bertz CT molecular complexity index is 495. The quantitative estimate of drug-likeness (QED) is 0.850. The van der Waals surface area contributed by atoms with E-state index in [2.05, 4.69) is 4.74 Å². The van der Waals surface area contributed by atoms with Gasteiger partial charge >= 0.3 is 11.9 Å². The second-order valence-electron chi connectivity index (χ2n) is 4.42. The number of hydrogen-bond acceptors (Lipinski definition) is 4. The van der Waals surface area contributed by atoms with Crippen LogP contribution in [0.15, 0.2) is 18.2 Å². The Morgan fingerprint density at radius 1 is 1.50 bits per heavy atom. The molecule has 1 rings (SSSR count). The molecular formula is C13H17ClF2N2O2. The van der Waals surface area contributed by atoms with Crippen molar-refractivity contribution < 1.29 is 18.3 Å². The maximum atomic E-state index is 13.9. The minimum Gasteiger partial charge on any atom is -0.462 e. The van der Waals surface area contributed by atoms with Crippen LogP contribution in [0, 0.1) is 0 Å². The number of carbonyl (C=O) groups excluding carboxylic acids is 1. The summed E-state index contributed by atoms with van der Waals surface area (Å²) >= 11 is 5.96. The summed E-state index contributed by atoms with van der Waals surface area (Å²) in [4.78, 5) is 13.0. The second kappa shape index (κ2) is 6.37. The number of hydrogen-bond donors (Lipinski definition) is 1. The highest BCUT2D eigenvalue weighted by Crippen LogP contribution is 2.35. The molecule has 7 heteroatoms. The number of nitrogens with two attached hydrogens (primary N) is 1. The van der Waals surface area contributed by atoms with Gasteiger partial charge in [0.15, 0.2) is 0 Å². The molecule has 1 aromatic carbocycles. The first-order chi connectivity index (χ1) is 9.21. The van der Waals surface area contributed by atoms with Gasteiger partial charge in [-0.3, -0.25) is 0 Å². The Hall–Kier alpha value is -1.40. The summed E-state index contributed by atoms with van der Waals surface area (Å²) in [5.41, 5.74) is 6.22. The van der Waals surface area contributed by atoms with Crippen LogP contribution in [0.1, 0.15) is 18.5 Å². The van der Waals surface area contributed by atoms with E-state index < -0.39 is 17.9 Å². The third-order valence-electron chi connectivity index (χ3n) is 2.77. The fraction of sp³-hybridized carbons (Fsp3) is 0.462. The van der Waals surface area contributed by atoms with Gasteiger partial charge in [0.25, 0.3) is 0 Å². The van der Waals surface area contributed by atoms with E-state index in [9.17, 15) is 13.6 Å². The van der Waals surface area contributed by atoms with Gasteiger partial charge in [-0.2, -0.15) is 8.78 Å². The summed E-state index contributed by atoms with van der Waals surface area (Å²) < 4.78 is 32.0. The molecule has 0 bridgehead atoms. The van der Waals surface area contributed by atoms with Crippen LogP contribution < -0.4 is 10.6 Å². The average molecular weight is 307 g/mol. The molecule has 1 aromatic rings. The van der Waals surface area contributed by atoms with E-state index in [1.807, 2.05) is 0 Å². The fourth-order valence-corrected chi connectivity index (χ4v) is 1.89. The lowest BCUT2D eigenvalue weighted by molar-refractivity contribution is -0.174. The van der Waals surface area contributed by atoms with Crippen LogP contribution >= 0.6 is 11.6 Å². The number of esters is 1. The van der Waals surface area contributed by atoms with Gasteiger partial charge in [0.1, 0.15) is 6.04 Å². The van der Waals surface area contributed by atoms with Crippen molar-refractivity contribution in [2.45, 2.75) is 18.9 Å². The van der Waals surface area contributed by atoms with E-state index in [1.54, 1.807) is 25.1 Å². The Kier molecular flexibility index (Phi) is 5.30. The molecule has 0 heterocycles. The highest BCUT2D eigenvalue weighted by Gasteiger charge is 2.48. The van der Waals surface area contributed by atoms with Gasteiger partial charge < -0.3 is 15.4 Å². The lowest BCUT2D eigenvalue weighted by atomic mass is 10.0. The van der Waals surface area contributed by atoms with Crippen molar-refractivity contribution in [2.75, 3.05) is 25.6 Å². The lowest BCUT2D eigenvalue weighted by Crippen LogP contribution is -2.41. The molecule has 112 valence electrons. The van der Waals surface area contributed by atoms with Crippen molar-refractivity contribution >= 4 is 23.3 Å². The van der Waals surface area contributed by atoms with E-state index >= 15 is 0 Å². The molecule has 0 spiro atoms. The zero-order valence-electron chi connectivity index (χ0n) is 11.5. The first kappa shape index (κ1) is 16.7. The van der Waals surface area contributed by atoms with Crippen molar-refractivity contribution in [1.29, 1.82) is 0 Å². The van der Waals surface area contributed by atoms with E-state index in [0.29, 0.717) is 0 Å². The van der Waals surface area contributed by atoms with E-state index in [-0.39, 0.29) is 17.2 Å². The van der Waals surface area contributed by atoms with Crippen LogP contribution in [0.4, 0.5) is 14.5 Å². The minimum atomic E-state index is -3.83. The normalized spacial score (nSPS) is 12.9. The van der Waals surface area contributed by atoms with Crippen LogP contribution in [0.25, 0.3) is 0 Å². The van der Waals surface area contributed by atoms with Crippen LogP contribution in [0.3, 0.4) is 0 Å². The molecule has 0 radical (unpaired) electrons. The van der Waals surface area contributed by atoms with Crippen molar-refractivity contribution in [3.63, 3.8) is 0 Å². The molecule has 1 atom stereocenters. The lowest BCUT2D eigenvalue weighted by Gasteiger charge is -2.23. The monoisotopic (exact) mass is 306 g/mol. The van der Waals surface area contributed by atoms with Gasteiger partial charge in [0.2, 0.25) is 0 Å². The minimum absolute atomic E-state index is 0.00433. The van der Waals surface area contributed by atoms with E-state index in [0.717, 1.165) is 5.69 Å². The molecule has 4 nitrogen and oxygen atoms in total. The summed E-state index contributed by atoms with van der Waals surface area (Å²) in [6.45, 7) is 1.30. The van der Waals surface area contributed by atoms with Crippen LogP contribution in [0.2, 0.25) is 5.02 Å². The van der Waals surface area contributed by atoms with Gasteiger partial charge in [0.05, 0.1) is 6.61 Å². The topological polar surface area (TPSA) is 55.6 Å². The maximum Gasteiger partial charge on any atom is 0.379 e. The molecule has 0 aliphatic carbocycles. The van der Waals surface area contributed by atoms with Crippen molar-refractivity contribution in [3.8, 4) is 0 Å². The number of rotatable bonds is 5. The van der Waals surface area contributed by atoms with Gasteiger partial charge in [-0.05, 0) is 24.6 Å². The molecule has 0 unspecified atom stereocenters. The first-order valence-electron chi connectivity index (χ1n) is 5.99. The SMILES string of the molecule is CCOC(=O)C(F)(F)[C@H](N)c1ccc(N(C)C)cc1Cl. The largest absolute Gasteiger partial charge is 0.462 e. The number of nitrogens with zero attached hydrogens (tertiary/aromatic N) is 1. The molecule has 2 N–H and O–H groups in total. The number of anilines is 1. The zero-order chi connectivity index (χ0) is 15.5. The number of alkyl halides is 2. The molecule has 0 aliphatic rings. The average Bonchev–Trinajstić information content (AvgIpc) is 2.37. The summed E-state index contributed by atoms with van der Waals surface area (Å²) in [5.74, 6) is -5.49. The Morgan fingerprint density at radius 2 is 2.10 bits per heavy atom. The van der Waals surface area contributed by atoms with Gasteiger partial charge in [-0.1, -0.05) is 17.7 Å². The predicted octanol–water partition coefficient (Wildman–Crippen LogP) is 2.60. The third-order valence-corrected chi connectivity index (χ3v) is 3.10. The molecule has 20 heavy (non-hydrogen) atoms. The van der Waals surface area contributed by atoms with Gasteiger partial charge in [-0.25, -0.2) is 4.79 Å². The summed E-state index contributed by atoms with van der Waals surface area (Å²) in [6.07, 6.45) is 0. The van der Waals surface area contributed by atoms with Gasteiger partial charge in [-0.15, -0.1) is 0 Å². The molecular weight excluding hydrogens is 290 g/mol. The standard InChI is InChI=1S/C13H17ClF2N2O2/c1-4-20-12(19)13(15,16)11(17)9-6-5-8(18(2)3)7-10(9)14/h5-7,11H,4,17H2,1-3H3/t11-/m1/s1. The maximum absolute atomic E-state index is 13.9. The molecule has 0 aromatic heterocycles. The van der Waals surface area contributed by atoms with Gasteiger partial charge in [0, 0.05) is 24.8 Å². The third kappa shape index (κ3) is 3.37.